The van der Waals surface area contributed by atoms with Gasteiger partial charge in [-0.25, -0.2) is 4.68 Å². The van der Waals surface area contributed by atoms with Crippen LogP contribution in [0.3, 0.4) is 0 Å². The van der Waals surface area contributed by atoms with Crippen molar-refractivity contribution in [3.8, 4) is 0 Å². The summed E-state index contributed by atoms with van der Waals surface area (Å²) in [4.78, 5) is 12.2. The van der Waals surface area contributed by atoms with Crippen LogP contribution in [-0.4, -0.2) is 34.6 Å². The SMILES string of the molecule is CCn1nnc2c(C)c(C(CC(=O)OC)c3ccc4c(c3)CNCC4)ccc21. The van der Waals surface area contributed by atoms with Gasteiger partial charge in [0.05, 0.1) is 19.0 Å². The third-order valence-corrected chi connectivity index (χ3v) is 5.78. The predicted molar refractivity (Wildman–Crippen MR) is 108 cm³/mol. The molecule has 1 atom stereocenters. The first-order valence-corrected chi connectivity index (χ1v) is 9.84. The Morgan fingerprint density at radius 1 is 1.29 bits per heavy atom. The first-order chi connectivity index (χ1) is 13.6. The maximum atomic E-state index is 12.2. The van der Waals surface area contributed by atoms with Crippen molar-refractivity contribution in [2.45, 2.75) is 45.7 Å². The van der Waals surface area contributed by atoms with E-state index >= 15 is 0 Å². The van der Waals surface area contributed by atoms with Crippen molar-refractivity contribution >= 4 is 17.0 Å². The number of nitrogens with one attached hydrogen (secondary N) is 1. The summed E-state index contributed by atoms with van der Waals surface area (Å²) in [5, 5.41) is 12.1. The zero-order chi connectivity index (χ0) is 19.7. The fourth-order valence-electron chi connectivity index (χ4n) is 4.17. The molecule has 28 heavy (non-hydrogen) atoms. The lowest BCUT2D eigenvalue weighted by molar-refractivity contribution is -0.140. The highest BCUT2D eigenvalue weighted by molar-refractivity contribution is 5.80. The Labute approximate surface area is 164 Å². The van der Waals surface area contributed by atoms with Crippen molar-refractivity contribution in [1.29, 1.82) is 0 Å². The van der Waals surface area contributed by atoms with Gasteiger partial charge in [-0.05, 0) is 60.7 Å². The van der Waals surface area contributed by atoms with Crippen LogP contribution in [0, 0.1) is 6.92 Å². The topological polar surface area (TPSA) is 69.0 Å². The Hall–Kier alpha value is -2.73. The van der Waals surface area contributed by atoms with E-state index < -0.39 is 0 Å². The van der Waals surface area contributed by atoms with Gasteiger partial charge in [0, 0.05) is 19.0 Å². The number of hydrogen-bond donors (Lipinski definition) is 1. The Morgan fingerprint density at radius 2 is 2.14 bits per heavy atom. The molecule has 1 aliphatic rings. The molecule has 1 unspecified atom stereocenters. The Bertz CT molecular complexity index is 1020. The maximum absolute atomic E-state index is 12.2. The monoisotopic (exact) mass is 378 g/mol. The predicted octanol–water partition coefficient (Wildman–Crippen LogP) is 3.10. The molecule has 3 aromatic rings. The minimum absolute atomic E-state index is 0.0733. The van der Waals surface area contributed by atoms with Gasteiger partial charge in [-0.15, -0.1) is 5.10 Å². The Morgan fingerprint density at radius 3 is 2.93 bits per heavy atom. The first-order valence-electron chi connectivity index (χ1n) is 9.84. The number of fused-ring (bicyclic) bond motifs is 2. The molecule has 0 radical (unpaired) electrons. The van der Waals surface area contributed by atoms with Crippen LogP contribution in [0.4, 0.5) is 0 Å². The molecule has 0 saturated heterocycles. The molecule has 0 fully saturated rings. The van der Waals surface area contributed by atoms with E-state index in [0.717, 1.165) is 53.8 Å². The molecule has 146 valence electrons. The van der Waals surface area contributed by atoms with E-state index in [2.05, 4.69) is 59.8 Å². The highest BCUT2D eigenvalue weighted by Crippen LogP contribution is 2.34. The van der Waals surface area contributed by atoms with Crippen molar-refractivity contribution < 1.29 is 9.53 Å². The Balaban J connectivity index is 1.81. The summed E-state index contributed by atoms with van der Waals surface area (Å²) >= 11 is 0. The molecule has 1 aliphatic heterocycles. The molecule has 2 aromatic carbocycles. The average Bonchev–Trinajstić information content (AvgIpc) is 3.16. The third kappa shape index (κ3) is 3.29. The summed E-state index contributed by atoms with van der Waals surface area (Å²) in [6.07, 6.45) is 1.35. The van der Waals surface area contributed by atoms with Crippen LogP contribution in [0.25, 0.3) is 11.0 Å². The van der Waals surface area contributed by atoms with Gasteiger partial charge in [-0.3, -0.25) is 4.79 Å². The number of aromatic nitrogens is 3. The zero-order valence-corrected chi connectivity index (χ0v) is 16.7. The standard InChI is InChI=1S/C22H26N4O2/c1-4-26-20-8-7-18(14(2)22(20)24-25-26)19(12-21(27)28-3)16-6-5-15-9-10-23-13-17(15)11-16/h5-8,11,19,23H,4,9-10,12-13H2,1-3H3. The molecule has 2 heterocycles. The highest BCUT2D eigenvalue weighted by Gasteiger charge is 2.24. The lowest BCUT2D eigenvalue weighted by Crippen LogP contribution is -2.24. The number of rotatable bonds is 5. The molecular formula is C22H26N4O2. The summed E-state index contributed by atoms with van der Waals surface area (Å²) in [5.74, 6) is -0.284. The minimum atomic E-state index is -0.211. The van der Waals surface area contributed by atoms with Gasteiger partial charge in [0.2, 0.25) is 0 Å². The molecule has 0 amide bonds. The van der Waals surface area contributed by atoms with Crippen molar-refractivity contribution in [3.05, 3.63) is 58.1 Å². The van der Waals surface area contributed by atoms with Gasteiger partial charge in [-0.2, -0.15) is 0 Å². The summed E-state index contributed by atoms with van der Waals surface area (Å²) in [5.41, 5.74) is 7.93. The van der Waals surface area contributed by atoms with E-state index in [-0.39, 0.29) is 11.9 Å². The summed E-state index contributed by atoms with van der Waals surface area (Å²) in [7, 11) is 1.44. The van der Waals surface area contributed by atoms with Crippen molar-refractivity contribution in [3.63, 3.8) is 0 Å². The number of esters is 1. The lowest BCUT2D eigenvalue weighted by Gasteiger charge is -2.23. The van der Waals surface area contributed by atoms with E-state index in [4.69, 9.17) is 4.74 Å². The van der Waals surface area contributed by atoms with Crippen LogP contribution in [0.2, 0.25) is 0 Å². The van der Waals surface area contributed by atoms with Crippen molar-refractivity contribution in [2.24, 2.45) is 0 Å². The second-order valence-electron chi connectivity index (χ2n) is 7.34. The first kappa shape index (κ1) is 18.6. The second kappa shape index (κ2) is 7.72. The van der Waals surface area contributed by atoms with Crippen LogP contribution in [0.5, 0.6) is 0 Å². The van der Waals surface area contributed by atoms with Gasteiger partial charge >= 0.3 is 5.97 Å². The largest absolute Gasteiger partial charge is 0.469 e. The lowest BCUT2D eigenvalue weighted by atomic mass is 9.83. The fourth-order valence-corrected chi connectivity index (χ4v) is 4.17. The summed E-state index contributed by atoms with van der Waals surface area (Å²) in [6.45, 7) is 6.78. The molecule has 6 heteroatoms. The highest BCUT2D eigenvalue weighted by atomic mass is 16.5. The molecule has 0 aliphatic carbocycles. The molecule has 1 aromatic heterocycles. The Kier molecular flexibility index (Phi) is 5.13. The van der Waals surface area contributed by atoms with Crippen LogP contribution >= 0.6 is 0 Å². The van der Waals surface area contributed by atoms with Crippen LogP contribution in [0.1, 0.15) is 47.1 Å². The van der Waals surface area contributed by atoms with E-state index in [1.165, 1.54) is 18.2 Å². The second-order valence-corrected chi connectivity index (χ2v) is 7.34. The molecule has 4 rings (SSSR count). The number of ether oxygens (including phenoxy) is 1. The maximum Gasteiger partial charge on any atom is 0.306 e. The molecule has 0 saturated carbocycles. The number of benzene rings is 2. The summed E-state index contributed by atoms with van der Waals surface area (Å²) in [6, 6.07) is 10.8. The zero-order valence-electron chi connectivity index (χ0n) is 16.7. The van der Waals surface area contributed by atoms with Crippen molar-refractivity contribution in [1.82, 2.24) is 20.3 Å². The number of carbonyl (C=O) groups excluding carboxylic acids is 1. The normalized spacial score (nSPS) is 14.7. The van der Waals surface area contributed by atoms with Gasteiger partial charge in [-0.1, -0.05) is 29.5 Å². The number of aryl methyl sites for hydroxylation is 2. The van der Waals surface area contributed by atoms with Crippen molar-refractivity contribution in [2.75, 3.05) is 13.7 Å². The van der Waals surface area contributed by atoms with Gasteiger partial charge in [0.1, 0.15) is 5.52 Å². The van der Waals surface area contributed by atoms with E-state index in [1.54, 1.807) is 0 Å². The molecule has 0 bridgehead atoms. The molecule has 0 spiro atoms. The number of nitrogens with zero attached hydrogens (tertiary/aromatic N) is 3. The summed E-state index contributed by atoms with van der Waals surface area (Å²) < 4.78 is 6.90. The van der Waals surface area contributed by atoms with E-state index in [0.29, 0.717) is 6.42 Å². The molecule has 6 nitrogen and oxygen atoms in total. The van der Waals surface area contributed by atoms with Gasteiger partial charge in [0.15, 0.2) is 0 Å². The minimum Gasteiger partial charge on any atom is -0.469 e. The molecular weight excluding hydrogens is 352 g/mol. The average molecular weight is 378 g/mol. The third-order valence-electron chi connectivity index (χ3n) is 5.78. The number of carbonyl (C=O) groups is 1. The quantitative estimate of drug-likeness (QED) is 0.691. The van der Waals surface area contributed by atoms with Gasteiger partial charge < -0.3 is 10.1 Å². The molecule has 1 N–H and O–H groups in total. The van der Waals surface area contributed by atoms with Gasteiger partial charge in [0.25, 0.3) is 0 Å². The van der Waals surface area contributed by atoms with Crippen LogP contribution < -0.4 is 5.32 Å². The number of hydrogen-bond acceptors (Lipinski definition) is 5. The van der Waals surface area contributed by atoms with E-state index in [1.807, 2.05) is 4.68 Å². The fraction of sp³-hybridized carbons (Fsp3) is 0.409. The smallest absolute Gasteiger partial charge is 0.306 e. The van der Waals surface area contributed by atoms with Crippen LogP contribution in [0.15, 0.2) is 30.3 Å². The van der Waals surface area contributed by atoms with E-state index in [9.17, 15) is 4.79 Å². The number of methoxy groups -OCH3 is 1. The van der Waals surface area contributed by atoms with Crippen LogP contribution in [-0.2, 0) is 29.0 Å².